The van der Waals surface area contributed by atoms with Gasteiger partial charge in [0.2, 0.25) is 0 Å². The number of halogens is 1. The van der Waals surface area contributed by atoms with E-state index in [9.17, 15) is 4.79 Å². The highest BCUT2D eigenvalue weighted by molar-refractivity contribution is 6.30. The number of hydrogen-bond donors (Lipinski definition) is 0. The SMILES string of the molecule is Cc1cnc(C=O)n1-c1ccc(Cl)cc1. The van der Waals surface area contributed by atoms with Gasteiger partial charge in [-0.2, -0.15) is 0 Å². The number of rotatable bonds is 2. The smallest absolute Gasteiger partial charge is 0.185 e. The first-order chi connectivity index (χ1) is 7.22. The molecule has 0 unspecified atom stereocenters. The van der Waals surface area contributed by atoms with Gasteiger partial charge in [-0.15, -0.1) is 0 Å². The minimum atomic E-state index is 0.398. The lowest BCUT2D eigenvalue weighted by Crippen LogP contribution is -2.01. The molecule has 15 heavy (non-hydrogen) atoms. The van der Waals surface area contributed by atoms with Gasteiger partial charge in [-0.25, -0.2) is 4.98 Å². The minimum Gasteiger partial charge on any atom is -0.295 e. The van der Waals surface area contributed by atoms with E-state index in [-0.39, 0.29) is 0 Å². The van der Waals surface area contributed by atoms with Crippen molar-refractivity contribution < 1.29 is 4.79 Å². The monoisotopic (exact) mass is 220 g/mol. The molecule has 1 heterocycles. The molecule has 0 N–H and O–H groups in total. The van der Waals surface area contributed by atoms with E-state index in [1.807, 2.05) is 19.1 Å². The number of nitrogens with zero attached hydrogens (tertiary/aromatic N) is 2. The van der Waals surface area contributed by atoms with Crippen molar-refractivity contribution >= 4 is 17.9 Å². The van der Waals surface area contributed by atoms with Gasteiger partial charge in [0.1, 0.15) is 0 Å². The third kappa shape index (κ3) is 1.78. The topological polar surface area (TPSA) is 34.9 Å². The van der Waals surface area contributed by atoms with Gasteiger partial charge in [-0.3, -0.25) is 9.36 Å². The zero-order chi connectivity index (χ0) is 10.8. The summed E-state index contributed by atoms with van der Waals surface area (Å²) in [6.45, 7) is 1.90. The number of benzene rings is 1. The fourth-order valence-corrected chi connectivity index (χ4v) is 1.59. The first-order valence-electron chi connectivity index (χ1n) is 4.48. The Labute approximate surface area is 92.3 Å². The third-order valence-electron chi connectivity index (χ3n) is 2.16. The van der Waals surface area contributed by atoms with Gasteiger partial charge in [0.05, 0.1) is 0 Å². The van der Waals surface area contributed by atoms with Gasteiger partial charge in [0.25, 0.3) is 0 Å². The predicted octanol–water partition coefficient (Wildman–Crippen LogP) is 2.65. The first kappa shape index (κ1) is 9.93. The van der Waals surface area contributed by atoms with E-state index in [1.54, 1.807) is 22.9 Å². The number of aldehydes is 1. The van der Waals surface area contributed by atoms with Crippen molar-refractivity contribution in [3.05, 3.63) is 47.0 Å². The van der Waals surface area contributed by atoms with Crippen molar-refractivity contribution in [3.63, 3.8) is 0 Å². The molecule has 0 saturated carbocycles. The number of aryl methyl sites for hydroxylation is 1. The van der Waals surface area contributed by atoms with Gasteiger partial charge >= 0.3 is 0 Å². The summed E-state index contributed by atoms with van der Waals surface area (Å²) in [5.41, 5.74) is 1.80. The summed E-state index contributed by atoms with van der Waals surface area (Å²) >= 11 is 5.79. The van der Waals surface area contributed by atoms with Crippen LogP contribution in [0.2, 0.25) is 5.02 Å². The average Bonchev–Trinajstić information content (AvgIpc) is 2.61. The Bertz CT molecular complexity index is 488. The maximum Gasteiger partial charge on any atom is 0.185 e. The summed E-state index contributed by atoms with van der Waals surface area (Å²) in [6, 6.07) is 7.27. The van der Waals surface area contributed by atoms with Crippen LogP contribution in [0.1, 0.15) is 16.3 Å². The van der Waals surface area contributed by atoms with E-state index >= 15 is 0 Å². The summed E-state index contributed by atoms with van der Waals surface area (Å²) in [5, 5.41) is 0.671. The second-order valence-electron chi connectivity index (χ2n) is 3.19. The van der Waals surface area contributed by atoms with E-state index in [0.29, 0.717) is 10.8 Å². The molecule has 1 aromatic heterocycles. The van der Waals surface area contributed by atoms with Crippen molar-refractivity contribution in [2.24, 2.45) is 0 Å². The van der Waals surface area contributed by atoms with Crippen LogP contribution in [-0.4, -0.2) is 15.8 Å². The molecule has 4 heteroatoms. The van der Waals surface area contributed by atoms with Crippen molar-refractivity contribution in [1.82, 2.24) is 9.55 Å². The minimum absolute atomic E-state index is 0.398. The maximum absolute atomic E-state index is 10.8. The summed E-state index contributed by atoms with van der Waals surface area (Å²) in [7, 11) is 0. The van der Waals surface area contributed by atoms with Crippen LogP contribution in [0.25, 0.3) is 5.69 Å². The predicted molar refractivity (Wildman–Crippen MR) is 58.7 cm³/mol. The van der Waals surface area contributed by atoms with Crippen molar-refractivity contribution in [2.75, 3.05) is 0 Å². The largest absolute Gasteiger partial charge is 0.295 e. The lowest BCUT2D eigenvalue weighted by atomic mass is 10.3. The number of carbonyl (C=O) groups is 1. The molecule has 0 fully saturated rings. The molecule has 0 aliphatic heterocycles. The summed E-state index contributed by atoms with van der Waals surface area (Å²) in [5.74, 6) is 0.398. The van der Waals surface area contributed by atoms with E-state index < -0.39 is 0 Å². The van der Waals surface area contributed by atoms with Crippen LogP contribution in [0.3, 0.4) is 0 Å². The molecule has 0 amide bonds. The first-order valence-corrected chi connectivity index (χ1v) is 4.85. The van der Waals surface area contributed by atoms with Crippen LogP contribution in [0.4, 0.5) is 0 Å². The maximum atomic E-state index is 10.8. The van der Waals surface area contributed by atoms with Gasteiger partial charge < -0.3 is 0 Å². The Morgan fingerprint density at radius 3 is 2.60 bits per heavy atom. The molecule has 0 saturated heterocycles. The molecular weight excluding hydrogens is 212 g/mol. The molecule has 2 aromatic rings. The summed E-state index contributed by atoms with van der Waals surface area (Å²) < 4.78 is 1.78. The molecule has 0 aliphatic rings. The highest BCUT2D eigenvalue weighted by Crippen LogP contribution is 2.16. The molecule has 0 radical (unpaired) electrons. The zero-order valence-corrected chi connectivity index (χ0v) is 8.90. The Morgan fingerprint density at radius 1 is 1.33 bits per heavy atom. The van der Waals surface area contributed by atoms with Crippen molar-refractivity contribution in [3.8, 4) is 5.69 Å². The van der Waals surface area contributed by atoms with Crippen LogP contribution < -0.4 is 0 Å². The highest BCUT2D eigenvalue weighted by Gasteiger charge is 2.07. The quantitative estimate of drug-likeness (QED) is 0.730. The molecule has 0 spiro atoms. The summed E-state index contributed by atoms with van der Waals surface area (Å²) in [4.78, 5) is 14.8. The van der Waals surface area contributed by atoms with Gasteiger partial charge in [0, 0.05) is 22.6 Å². The zero-order valence-electron chi connectivity index (χ0n) is 8.14. The molecule has 3 nitrogen and oxygen atoms in total. The Balaban J connectivity index is 2.57. The van der Waals surface area contributed by atoms with Crippen molar-refractivity contribution in [2.45, 2.75) is 6.92 Å². The van der Waals surface area contributed by atoms with Crippen LogP contribution in [0.15, 0.2) is 30.5 Å². The van der Waals surface area contributed by atoms with E-state index in [0.717, 1.165) is 17.7 Å². The Morgan fingerprint density at radius 2 is 2.00 bits per heavy atom. The second kappa shape index (κ2) is 3.87. The van der Waals surface area contributed by atoms with Crippen LogP contribution in [0, 0.1) is 6.92 Å². The second-order valence-corrected chi connectivity index (χ2v) is 3.62. The number of hydrogen-bond acceptors (Lipinski definition) is 2. The van der Waals surface area contributed by atoms with Crippen molar-refractivity contribution in [1.29, 1.82) is 0 Å². The molecule has 0 bridgehead atoms. The Hall–Kier alpha value is -1.61. The molecule has 0 atom stereocenters. The number of carbonyl (C=O) groups excluding carboxylic acids is 1. The number of imidazole rings is 1. The lowest BCUT2D eigenvalue weighted by molar-refractivity contribution is 0.111. The third-order valence-corrected chi connectivity index (χ3v) is 2.41. The fourth-order valence-electron chi connectivity index (χ4n) is 1.46. The van der Waals surface area contributed by atoms with Crippen LogP contribution >= 0.6 is 11.6 Å². The fraction of sp³-hybridized carbons (Fsp3) is 0.0909. The van der Waals surface area contributed by atoms with Gasteiger partial charge in [0.15, 0.2) is 12.1 Å². The molecule has 2 rings (SSSR count). The highest BCUT2D eigenvalue weighted by atomic mass is 35.5. The molecule has 76 valence electrons. The van der Waals surface area contributed by atoms with Crippen LogP contribution in [-0.2, 0) is 0 Å². The van der Waals surface area contributed by atoms with E-state index in [1.165, 1.54) is 0 Å². The average molecular weight is 221 g/mol. The molecule has 0 aliphatic carbocycles. The van der Waals surface area contributed by atoms with Crippen LogP contribution in [0.5, 0.6) is 0 Å². The molecular formula is C11H9ClN2O. The Kier molecular flexibility index (Phi) is 2.56. The number of aromatic nitrogens is 2. The summed E-state index contributed by atoms with van der Waals surface area (Å²) in [6.07, 6.45) is 2.40. The van der Waals surface area contributed by atoms with Gasteiger partial charge in [-0.05, 0) is 31.2 Å². The van der Waals surface area contributed by atoms with Gasteiger partial charge in [-0.1, -0.05) is 11.6 Å². The lowest BCUT2D eigenvalue weighted by Gasteiger charge is -2.06. The standard InChI is InChI=1S/C11H9ClN2O/c1-8-6-13-11(7-15)14(8)10-4-2-9(12)3-5-10/h2-7H,1H3. The van der Waals surface area contributed by atoms with E-state index in [4.69, 9.17) is 11.6 Å². The van der Waals surface area contributed by atoms with E-state index in [2.05, 4.69) is 4.98 Å². The molecule has 1 aromatic carbocycles. The normalized spacial score (nSPS) is 10.3.